The molecule has 0 radical (unpaired) electrons. The maximum Gasteiger partial charge on any atom is 0.159 e. The minimum absolute atomic E-state index is 0.348. The summed E-state index contributed by atoms with van der Waals surface area (Å²) >= 11 is 0. The van der Waals surface area contributed by atoms with E-state index in [-0.39, 0.29) is 0 Å². The number of methoxy groups -OCH3 is 1. The Morgan fingerprint density at radius 3 is 2.90 bits per heavy atom. The first kappa shape index (κ1) is 20.2. The summed E-state index contributed by atoms with van der Waals surface area (Å²) in [6, 6.07) is 4.84. The molecule has 0 spiro atoms. The third-order valence-corrected chi connectivity index (χ3v) is 6.49. The van der Waals surface area contributed by atoms with Gasteiger partial charge in [0.25, 0.3) is 0 Å². The minimum atomic E-state index is 0.348. The number of hydrogen-bond donors (Lipinski definition) is 1. The molecule has 31 heavy (non-hydrogen) atoms. The van der Waals surface area contributed by atoms with Gasteiger partial charge in [-0.05, 0) is 36.1 Å². The van der Waals surface area contributed by atoms with Crippen molar-refractivity contribution in [3.8, 4) is 0 Å². The highest BCUT2D eigenvalue weighted by Crippen LogP contribution is 2.35. The van der Waals surface area contributed by atoms with Crippen LogP contribution in [0.1, 0.15) is 29.7 Å². The fourth-order valence-electron chi connectivity index (χ4n) is 4.96. The Kier molecular flexibility index (Phi) is 5.27. The molecule has 164 valence electrons. The van der Waals surface area contributed by atoms with E-state index in [0.29, 0.717) is 12.0 Å². The van der Waals surface area contributed by atoms with Gasteiger partial charge in [0.1, 0.15) is 5.82 Å². The largest absolute Gasteiger partial charge is 0.383 e. The number of aryl methyl sites for hydroxylation is 2. The fourth-order valence-corrected chi connectivity index (χ4v) is 4.96. The quantitative estimate of drug-likeness (QED) is 0.693. The van der Waals surface area contributed by atoms with Crippen LogP contribution in [0.4, 0.5) is 11.5 Å². The lowest BCUT2D eigenvalue weighted by Crippen LogP contribution is -2.52. The minimum Gasteiger partial charge on any atom is -0.383 e. The molecule has 1 fully saturated rings. The number of nitrogens with one attached hydrogen (secondary N) is 1. The number of nitrogens with zero attached hydrogens (tertiary/aromatic N) is 6. The van der Waals surface area contributed by atoms with E-state index in [2.05, 4.69) is 57.4 Å². The van der Waals surface area contributed by atoms with E-state index in [0.717, 1.165) is 61.9 Å². The van der Waals surface area contributed by atoms with E-state index in [1.807, 2.05) is 17.9 Å². The van der Waals surface area contributed by atoms with Crippen molar-refractivity contribution in [2.24, 2.45) is 7.05 Å². The Bertz CT molecular complexity index is 1090. The smallest absolute Gasteiger partial charge is 0.159 e. The summed E-state index contributed by atoms with van der Waals surface area (Å²) in [7, 11) is 3.71. The summed E-state index contributed by atoms with van der Waals surface area (Å²) in [5.74, 6) is 1.50. The van der Waals surface area contributed by atoms with Gasteiger partial charge in [0, 0.05) is 64.8 Å². The predicted molar refractivity (Wildman–Crippen MR) is 123 cm³/mol. The summed E-state index contributed by atoms with van der Waals surface area (Å²) in [5.41, 5.74) is 5.88. The number of ether oxygens (including phenoxy) is 1. The van der Waals surface area contributed by atoms with Crippen LogP contribution in [0.3, 0.4) is 0 Å². The molecule has 1 N–H and O–H groups in total. The zero-order valence-corrected chi connectivity index (χ0v) is 18.8. The van der Waals surface area contributed by atoms with Crippen LogP contribution in [0, 0.1) is 6.92 Å². The van der Waals surface area contributed by atoms with E-state index >= 15 is 0 Å². The number of pyridine rings is 2. The second-order valence-electron chi connectivity index (χ2n) is 8.86. The standard InChI is InChI=1S/C23H31N7O/c1-15-11-30(21-7-16(2)27-23-20(21)10-26-28(23)3)12-17-9-25-22(8-19(15)17)29-6-5-24-18(13-29)14-31-4/h7-10,15,18,24H,5-6,11-14H2,1-4H3/t15-,18+/m0/s1. The molecule has 3 aromatic heterocycles. The number of anilines is 2. The summed E-state index contributed by atoms with van der Waals surface area (Å²) in [6.07, 6.45) is 4.01. The van der Waals surface area contributed by atoms with Gasteiger partial charge in [-0.3, -0.25) is 4.68 Å². The molecule has 0 aromatic carbocycles. The molecular formula is C23H31N7O. The monoisotopic (exact) mass is 421 g/mol. The number of hydrogen-bond acceptors (Lipinski definition) is 7. The van der Waals surface area contributed by atoms with Gasteiger partial charge in [0.15, 0.2) is 5.65 Å². The highest BCUT2D eigenvalue weighted by molar-refractivity contribution is 5.89. The molecule has 0 amide bonds. The molecule has 0 saturated carbocycles. The maximum absolute atomic E-state index is 5.34. The van der Waals surface area contributed by atoms with Crippen molar-refractivity contribution in [2.45, 2.75) is 32.4 Å². The predicted octanol–water partition coefficient (Wildman–Crippen LogP) is 2.22. The molecule has 0 bridgehead atoms. The summed E-state index contributed by atoms with van der Waals surface area (Å²) in [4.78, 5) is 14.4. The summed E-state index contributed by atoms with van der Waals surface area (Å²) in [6.45, 7) is 9.77. The SMILES string of the molecule is COC[C@H]1CN(c2cc3c(cn2)CN(c2cc(C)nc4c2cnn4C)C[C@@H]3C)CCN1. The second kappa shape index (κ2) is 8.09. The molecule has 5 heterocycles. The lowest BCUT2D eigenvalue weighted by Gasteiger charge is -2.37. The first-order valence-corrected chi connectivity index (χ1v) is 11.0. The number of piperazine rings is 1. The lowest BCUT2D eigenvalue weighted by molar-refractivity contribution is 0.163. The van der Waals surface area contributed by atoms with Crippen molar-refractivity contribution >= 4 is 22.5 Å². The van der Waals surface area contributed by atoms with Crippen LogP contribution < -0.4 is 15.1 Å². The second-order valence-corrected chi connectivity index (χ2v) is 8.86. The summed E-state index contributed by atoms with van der Waals surface area (Å²) in [5, 5.41) is 9.07. The molecule has 2 aliphatic heterocycles. The average Bonchev–Trinajstić information content (AvgIpc) is 3.14. The van der Waals surface area contributed by atoms with E-state index in [1.165, 1.54) is 16.8 Å². The van der Waals surface area contributed by atoms with E-state index in [1.54, 1.807) is 7.11 Å². The number of rotatable bonds is 4. The number of aromatic nitrogens is 4. The van der Waals surface area contributed by atoms with E-state index in [9.17, 15) is 0 Å². The van der Waals surface area contributed by atoms with Crippen molar-refractivity contribution in [1.29, 1.82) is 0 Å². The first-order valence-electron chi connectivity index (χ1n) is 11.0. The molecule has 2 aliphatic rings. The Balaban J connectivity index is 1.42. The molecule has 1 saturated heterocycles. The van der Waals surface area contributed by atoms with E-state index in [4.69, 9.17) is 9.72 Å². The average molecular weight is 422 g/mol. The molecule has 8 nitrogen and oxygen atoms in total. The van der Waals surface area contributed by atoms with Crippen LogP contribution >= 0.6 is 0 Å². The van der Waals surface area contributed by atoms with Crippen LogP contribution in [0.2, 0.25) is 0 Å². The van der Waals surface area contributed by atoms with E-state index < -0.39 is 0 Å². The van der Waals surface area contributed by atoms with Gasteiger partial charge in [0.2, 0.25) is 0 Å². The van der Waals surface area contributed by atoms with Gasteiger partial charge in [-0.15, -0.1) is 0 Å². The highest BCUT2D eigenvalue weighted by Gasteiger charge is 2.27. The van der Waals surface area contributed by atoms with Crippen LogP contribution in [-0.4, -0.2) is 65.7 Å². The molecule has 3 aromatic rings. The zero-order chi connectivity index (χ0) is 21.5. The third-order valence-electron chi connectivity index (χ3n) is 6.49. The third kappa shape index (κ3) is 3.74. The van der Waals surface area contributed by atoms with Gasteiger partial charge in [-0.2, -0.15) is 5.10 Å². The molecule has 0 aliphatic carbocycles. The Labute approximate surface area is 183 Å². The van der Waals surface area contributed by atoms with Crippen molar-refractivity contribution < 1.29 is 4.74 Å². The maximum atomic E-state index is 5.34. The van der Waals surface area contributed by atoms with Crippen LogP contribution in [0.25, 0.3) is 11.0 Å². The van der Waals surface area contributed by atoms with Gasteiger partial charge in [-0.1, -0.05) is 6.92 Å². The van der Waals surface area contributed by atoms with Gasteiger partial charge < -0.3 is 19.9 Å². The Morgan fingerprint density at radius 2 is 2.06 bits per heavy atom. The summed E-state index contributed by atoms with van der Waals surface area (Å²) < 4.78 is 7.19. The van der Waals surface area contributed by atoms with Crippen LogP contribution in [0.5, 0.6) is 0 Å². The van der Waals surface area contributed by atoms with Gasteiger partial charge in [-0.25, -0.2) is 9.97 Å². The number of fused-ring (bicyclic) bond motifs is 2. The lowest BCUT2D eigenvalue weighted by atomic mass is 9.91. The van der Waals surface area contributed by atoms with Crippen molar-refractivity contribution in [3.63, 3.8) is 0 Å². The topological polar surface area (TPSA) is 71.3 Å². The zero-order valence-electron chi connectivity index (χ0n) is 18.8. The van der Waals surface area contributed by atoms with Crippen LogP contribution in [0.15, 0.2) is 24.5 Å². The Hall–Kier alpha value is -2.71. The van der Waals surface area contributed by atoms with Crippen LogP contribution in [-0.2, 0) is 18.3 Å². The van der Waals surface area contributed by atoms with Crippen molar-refractivity contribution in [3.05, 3.63) is 41.3 Å². The molecule has 5 rings (SSSR count). The van der Waals surface area contributed by atoms with Crippen molar-refractivity contribution in [2.75, 3.05) is 49.7 Å². The molecule has 8 heteroatoms. The molecular weight excluding hydrogens is 390 g/mol. The van der Waals surface area contributed by atoms with Gasteiger partial charge >= 0.3 is 0 Å². The van der Waals surface area contributed by atoms with Crippen molar-refractivity contribution in [1.82, 2.24) is 25.1 Å². The normalized spacial score (nSPS) is 21.5. The molecule has 2 atom stereocenters. The Morgan fingerprint density at radius 1 is 1.19 bits per heavy atom. The molecule has 0 unspecified atom stereocenters. The fraction of sp³-hybridized carbons (Fsp3) is 0.522. The first-order chi connectivity index (χ1) is 15.0. The van der Waals surface area contributed by atoms with Gasteiger partial charge in [0.05, 0.1) is 23.9 Å². The highest BCUT2D eigenvalue weighted by atomic mass is 16.5.